The Hall–Kier alpha value is -1.38. The van der Waals surface area contributed by atoms with E-state index in [1.54, 1.807) is 35.7 Å². The van der Waals surface area contributed by atoms with E-state index >= 15 is 0 Å². The largest absolute Gasteiger partial charge is 0.355 e. The molecule has 0 spiro atoms. The summed E-state index contributed by atoms with van der Waals surface area (Å²) in [5.41, 5.74) is 0.512. The highest BCUT2D eigenvalue weighted by molar-refractivity contribution is 9.10. The lowest BCUT2D eigenvalue weighted by Gasteiger charge is -2.11. The smallest absolute Gasteiger partial charge is 0.272 e. The number of benzene rings is 1. The third-order valence-corrected chi connectivity index (χ3v) is 6.51. The van der Waals surface area contributed by atoms with E-state index in [-0.39, 0.29) is 21.4 Å². The summed E-state index contributed by atoms with van der Waals surface area (Å²) >= 11 is 4.29. The first-order valence-corrected chi connectivity index (χ1v) is 8.68. The first-order valence-electron chi connectivity index (χ1n) is 5.52. The number of hydrogen-bond donors (Lipinski definition) is 2. The zero-order valence-electron chi connectivity index (χ0n) is 10.4. The monoisotopic (exact) mass is 374 g/mol. The van der Waals surface area contributed by atoms with E-state index in [9.17, 15) is 13.2 Å². The average molecular weight is 375 g/mol. The number of sulfonamides is 1. The first kappa shape index (κ1) is 15.0. The Bertz CT molecular complexity index is 741. The van der Waals surface area contributed by atoms with Crippen LogP contribution in [0.4, 0.5) is 5.69 Å². The van der Waals surface area contributed by atoms with Crippen LogP contribution in [0.15, 0.2) is 44.4 Å². The summed E-state index contributed by atoms with van der Waals surface area (Å²) in [5.74, 6) is -0.353. The van der Waals surface area contributed by atoms with Crippen LogP contribution in [0.1, 0.15) is 10.4 Å². The molecule has 1 amide bonds. The van der Waals surface area contributed by atoms with Crippen LogP contribution >= 0.6 is 27.3 Å². The van der Waals surface area contributed by atoms with Crippen molar-refractivity contribution in [2.45, 2.75) is 4.21 Å². The highest BCUT2D eigenvalue weighted by atomic mass is 79.9. The lowest BCUT2D eigenvalue weighted by Crippen LogP contribution is -2.21. The summed E-state index contributed by atoms with van der Waals surface area (Å²) in [5, 5.41) is 4.14. The van der Waals surface area contributed by atoms with Gasteiger partial charge in [0.15, 0.2) is 4.21 Å². The third kappa shape index (κ3) is 3.02. The predicted molar refractivity (Wildman–Crippen MR) is 82.7 cm³/mol. The Kier molecular flexibility index (Phi) is 4.46. The van der Waals surface area contributed by atoms with Gasteiger partial charge in [-0.25, -0.2) is 8.42 Å². The summed E-state index contributed by atoms with van der Waals surface area (Å²) < 4.78 is 27.7. The molecule has 0 bridgehead atoms. The van der Waals surface area contributed by atoms with Crippen molar-refractivity contribution in [3.05, 3.63) is 45.7 Å². The van der Waals surface area contributed by atoms with Crippen molar-refractivity contribution in [1.82, 2.24) is 5.32 Å². The number of rotatable bonds is 4. The molecule has 8 heteroatoms. The van der Waals surface area contributed by atoms with Gasteiger partial charge in [-0.15, -0.1) is 11.3 Å². The van der Waals surface area contributed by atoms with Crippen LogP contribution in [0.2, 0.25) is 0 Å². The molecule has 0 aliphatic heterocycles. The number of anilines is 1. The van der Waals surface area contributed by atoms with Crippen LogP contribution in [0.5, 0.6) is 0 Å². The van der Waals surface area contributed by atoms with Gasteiger partial charge in [-0.2, -0.15) is 0 Å². The van der Waals surface area contributed by atoms with E-state index in [1.165, 1.54) is 7.05 Å². The topological polar surface area (TPSA) is 75.3 Å². The van der Waals surface area contributed by atoms with Gasteiger partial charge in [0.2, 0.25) is 0 Å². The van der Waals surface area contributed by atoms with E-state index in [4.69, 9.17) is 0 Å². The highest BCUT2D eigenvalue weighted by Gasteiger charge is 2.21. The minimum absolute atomic E-state index is 0.171. The van der Waals surface area contributed by atoms with Gasteiger partial charge in [0.1, 0.15) is 0 Å². The summed E-state index contributed by atoms with van der Waals surface area (Å²) in [6.07, 6.45) is 0. The molecule has 0 atom stereocenters. The van der Waals surface area contributed by atoms with Crippen LogP contribution in [0, 0.1) is 0 Å². The third-order valence-electron chi connectivity index (χ3n) is 2.47. The number of halogens is 1. The van der Waals surface area contributed by atoms with E-state index in [1.807, 2.05) is 0 Å². The molecule has 1 aromatic heterocycles. The van der Waals surface area contributed by atoms with Gasteiger partial charge in [-0.05, 0) is 39.5 Å². The Balaban J connectivity index is 2.41. The molecule has 0 fully saturated rings. The fraction of sp³-hybridized carbons (Fsp3) is 0.0833. The standard InChI is InChI=1S/C12H11BrN2O3S2/c1-14-11(16)8-4-2-3-5-10(8)15-20(17,18)12-9(13)6-7-19-12/h2-7,15H,1H3,(H,14,16). The SMILES string of the molecule is CNC(=O)c1ccccc1NS(=O)(=O)c1sccc1Br. The number of thiophene rings is 1. The van der Waals surface area contributed by atoms with Gasteiger partial charge in [0.05, 0.1) is 11.3 Å². The molecule has 0 unspecified atom stereocenters. The number of amides is 1. The highest BCUT2D eigenvalue weighted by Crippen LogP contribution is 2.30. The normalized spacial score (nSPS) is 11.1. The Morgan fingerprint density at radius 3 is 2.55 bits per heavy atom. The number of para-hydroxylation sites is 1. The van der Waals surface area contributed by atoms with Crippen molar-refractivity contribution in [2.75, 3.05) is 11.8 Å². The molecule has 0 saturated carbocycles. The van der Waals surface area contributed by atoms with Crippen LogP contribution < -0.4 is 10.0 Å². The molecule has 20 heavy (non-hydrogen) atoms. The van der Waals surface area contributed by atoms with Crippen molar-refractivity contribution < 1.29 is 13.2 Å². The quantitative estimate of drug-likeness (QED) is 0.863. The van der Waals surface area contributed by atoms with E-state index < -0.39 is 10.0 Å². The van der Waals surface area contributed by atoms with Crippen molar-refractivity contribution >= 4 is 48.9 Å². The Morgan fingerprint density at radius 2 is 1.95 bits per heavy atom. The molecule has 1 heterocycles. The van der Waals surface area contributed by atoms with E-state index in [2.05, 4.69) is 26.0 Å². The maximum absolute atomic E-state index is 12.3. The molecule has 2 aromatic rings. The van der Waals surface area contributed by atoms with E-state index in [0.717, 1.165) is 11.3 Å². The summed E-state index contributed by atoms with van der Waals surface area (Å²) in [4.78, 5) is 11.7. The zero-order chi connectivity index (χ0) is 14.8. The van der Waals surface area contributed by atoms with Crippen LogP contribution in [0.25, 0.3) is 0 Å². The number of hydrogen-bond acceptors (Lipinski definition) is 4. The van der Waals surface area contributed by atoms with Gasteiger partial charge in [-0.3, -0.25) is 9.52 Å². The fourth-order valence-electron chi connectivity index (χ4n) is 1.57. The number of carbonyl (C=O) groups is 1. The number of nitrogens with one attached hydrogen (secondary N) is 2. The second-order valence-electron chi connectivity index (χ2n) is 3.79. The first-order chi connectivity index (χ1) is 9.45. The molecule has 0 radical (unpaired) electrons. The zero-order valence-corrected chi connectivity index (χ0v) is 13.6. The Labute approximate surface area is 129 Å². The van der Waals surface area contributed by atoms with E-state index in [0.29, 0.717) is 4.47 Å². The molecule has 2 rings (SSSR count). The maximum atomic E-state index is 12.3. The van der Waals surface area contributed by atoms with Crippen molar-refractivity contribution in [1.29, 1.82) is 0 Å². The van der Waals surface area contributed by atoms with Gasteiger partial charge >= 0.3 is 0 Å². The van der Waals surface area contributed by atoms with Crippen LogP contribution in [0.3, 0.4) is 0 Å². The summed E-state index contributed by atoms with van der Waals surface area (Å²) in [6.45, 7) is 0. The summed E-state index contributed by atoms with van der Waals surface area (Å²) in [6, 6.07) is 8.09. The molecule has 2 N–H and O–H groups in total. The summed E-state index contributed by atoms with van der Waals surface area (Å²) in [7, 11) is -2.23. The minimum Gasteiger partial charge on any atom is -0.355 e. The average Bonchev–Trinajstić information content (AvgIpc) is 2.85. The predicted octanol–water partition coefficient (Wildman–Crippen LogP) is 2.67. The Morgan fingerprint density at radius 1 is 1.25 bits per heavy atom. The van der Waals surface area contributed by atoms with Gasteiger partial charge in [0, 0.05) is 11.5 Å². The second kappa shape index (κ2) is 5.94. The molecular formula is C12H11BrN2O3S2. The molecule has 0 aliphatic carbocycles. The molecule has 0 aliphatic rings. The molecule has 0 saturated heterocycles. The van der Waals surface area contributed by atoms with Gasteiger partial charge in [-0.1, -0.05) is 12.1 Å². The van der Waals surface area contributed by atoms with Crippen LogP contribution in [-0.4, -0.2) is 21.4 Å². The maximum Gasteiger partial charge on any atom is 0.272 e. The molecule has 5 nitrogen and oxygen atoms in total. The molecular weight excluding hydrogens is 364 g/mol. The van der Waals surface area contributed by atoms with Crippen molar-refractivity contribution in [3.63, 3.8) is 0 Å². The van der Waals surface area contributed by atoms with Gasteiger partial charge < -0.3 is 5.32 Å². The number of carbonyl (C=O) groups excluding carboxylic acids is 1. The molecule has 1 aromatic carbocycles. The fourth-order valence-corrected chi connectivity index (χ4v) is 4.99. The van der Waals surface area contributed by atoms with Gasteiger partial charge in [0.25, 0.3) is 15.9 Å². The van der Waals surface area contributed by atoms with Crippen molar-refractivity contribution in [2.24, 2.45) is 0 Å². The lowest BCUT2D eigenvalue weighted by molar-refractivity contribution is 0.0964. The minimum atomic E-state index is -3.72. The van der Waals surface area contributed by atoms with Crippen molar-refractivity contribution in [3.8, 4) is 0 Å². The van der Waals surface area contributed by atoms with Crippen LogP contribution in [-0.2, 0) is 10.0 Å². The second-order valence-corrected chi connectivity index (χ2v) is 7.43. The molecule has 106 valence electrons. The lowest BCUT2D eigenvalue weighted by atomic mass is 10.2.